The fraction of sp³-hybridized carbons (Fsp3) is 0.261. The molecular weight excluding hydrogens is 464 g/mol. The SMILES string of the molecule is CCO/N=C(/C(C)=N/OCc1ccccc1/C(=C/OC)C(=O)OC)c1ccc(Br)cc1. The smallest absolute Gasteiger partial charge is 0.341 e. The first-order chi connectivity index (χ1) is 15.0. The van der Waals surface area contributed by atoms with E-state index in [9.17, 15) is 4.79 Å². The molecule has 0 aromatic heterocycles. The lowest BCUT2D eigenvalue weighted by Crippen LogP contribution is -2.14. The number of esters is 1. The van der Waals surface area contributed by atoms with E-state index in [1.54, 1.807) is 13.0 Å². The number of halogens is 1. The zero-order valence-corrected chi connectivity index (χ0v) is 19.5. The molecule has 0 unspecified atom stereocenters. The second kappa shape index (κ2) is 12.5. The Kier molecular flexibility index (Phi) is 9.77. The lowest BCUT2D eigenvalue weighted by Gasteiger charge is -2.11. The largest absolute Gasteiger partial charge is 0.503 e. The summed E-state index contributed by atoms with van der Waals surface area (Å²) in [6.07, 6.45) is 1.35. The van der Waals surface area contributed by atoms with Crippen molar-refractivity contribution in [3.05, 3.63) is 76.0 Å². The number of hydrogen-bond donors (Lipinski definition) is 0. The van der Waals surface area contributed by atoms with E-state index >= 15 is 0 Å². The van der Waals surface area contributed by atoms with Crippen molar-refractivity contribution in [1.82, 2.24) is 0 Å². The van der Waals surface area contributed by atoms with Crippen LogP contribution in [0.4, 0.5) is 0 Å². The van der Waals surface area contributed by atoms with Crippen LogP contribution in [-0.4, -0.2) is 38.2 Å². The van der Waals surface area contributed by atoms with Crippen molar-refractivity contribution in [2.45, 2.75) is 20.5 Å². The molecule has 0 spiro atoms. The number of nitrogens with zero attached hydrogens (tertiary/aromatic N) is 2. The number of carbonyl (C=O) groups is 1. The van der Waals surface area contributed by atoms with E-state index in [1.165, 1.54) is 20.5 Å². The summed E-state index contributed by atoms with van der Waals surface area (Å²) >= 11 is 3.42. The molecule has 2 rings (SSSR count). The fourth-order valence-electron chi connectivity index (χ4n) is 2.66. The van der Waals surface area contributed by atoms with Crippen molar-refractivity contribution in [1.29, 1.82) is 0 Å². The van der Waals surface area contributed by atoms with Crippen LogP contribution in [0.15, 0.2) is 69.6 Å². The van der Waals surface area contributed by atoms with Crippen molar-refractivity contribution in [2.75, 3.05) is 20.8 Å². The van der Waals surface area contributed by atoms with Gasteiger partial charge in [-0.25, -0.2) is 4.79 Å². The summed E-state index contributed by atoms with van der Waals surface area (Å²) in [5.74, 6) is -0.504. The zero-order chi connectivity index (χ0) is 22.6. The molecule has 0 radical (unpaired) electrons. The summed E-state index contributed by atoms with van der Waals surface area (Å²) in [5, 5.41) is 8.39. The first-order valence-electron chi connectivity index (χ1n) is 9.54. The minimum Gasteiger partial charge on any atom is -0.503 e. The normalized spacial score (nSPS) is 12.4. The molecule has 0 fully saturated rings. The van der Waals surface area contributed by atoms with E-state index in [1.807, 2.05) is 49.4 Å². The number of rotatable bonds is 10. The Hall–Kier alpha value is -3.13. The molecule has 2 aromatic carbocycles. The molecule has 0 saturated heterocycles. The first-order valence-corrected chi connectivity index (χ1v) is 10.3. The summed E-state index contributed by atoms with van der Waals surface area (Å²) in [4.78, 5) is 23.0. The van der Waals surface area contributed by atoms with E-state index in [0.717, 1.165) is 15.6 Å². The molecule has 0 N–H and O–H groups in total. The van der Waals surface area contributed by atoms with Crippen LogP contribution in [-0.2, 0) is 30.6 Å². The number of benzene rings is 2. The summed E-state index contributed by atoms with van der Waals surface area (Å²) in [6, 6.07) is 15.0. The van der Waals surface area contributed by atoms with Crippen molar-refractivity contribution >= 4 is 38.9 Å². The molecule has 8 heteroatoms. The van der Waals surface area contributed by atoms with E-state index in [0.29, 0.717) is 29.2 Å². The van der Waals surface area contributed by atoms with Crippen LogP contribution in [0.3, 0.4) is 0 Å². The van der Waals surface area contributed by atoms with Gasteiger partial charge in [-0.3, -0.25) is 0 Å². The molecule has 0 aliphatic rings. The van der Waals surface area contributed by atoms with Gasteiger partial charge in [0.25, 0.3) is 0 Å². The molecule has 0 heterocycles. The molecule has 0 amide bonds. The van der Waals surface area contributed by atoms with Crippen molar-refractivity contribution in [2.24, 2.45) is 10.3 Å². The predicted octanol–water partition coefficient (Wildman–Crippen LogP) is 4.94. The highest BCUT2D eigenvalue weighted by Gasteiger charge is 2.17. The molecule has 0 atom stereocenters. The maximum absolute atomic E-state index is 12.1. The third-order valence-corrected chi connectivity index (χ3v) is 4.64. The Bertz CT molecular complexity index is 968. The van der Waals surface area contributed by atoms with E-state index < -0.39 is 5.97 Å². The zero-order valence-electron chi connectivity index (χ0n) is 17.9. The predicted molar refractivity (Wildman–Crippen MR) is 124 cm³/mol. The highest BCUT2D eigenvalue weighted by atomic mass is 79.9. The van der Waals surface area contributed by atoms with Gasteiger partial charge >= 0.3 is 5.97 Å². The molecule has 0 saturated carbocycles. The van der Waals surface area contributed by atoms with Crippen LogP contribution in [0, 0.1) is 0 Å². The van der Waals surface area contributed by atoms with Crippen LogP contribution in [0.2, 0.25) is 0 Å². The lowest BCUT2D eigenvalue weighted by atomic mass is 10.0. The van der Waals surface area contributed by atoms with Gasteiger partial charge in [0.1, 0.15) is 30.2 Å². The average Bonchev–Trinajstić information content (AvgIpc) is 2.79. The van der Waals surface area contributed by atoms with Crippen LogP contribution in [0.1, 0.15) is 30.5 Å². The van der Waals surface area contributed by atoms with Crippen molar-refractivity contribution in [3.63, 3.8) is 0 Å². The van der Waals surface area contributed by atoms with E-state index in [2.05, 4.69) is 26.2 Å². The maximum Gasteiger partial charge on any atom is 0.341 e. The number of oxime groups is 2. The van der Waals surface area contributed by atoms with Crippen LogP contribution < -0.4 is 0 Å². The summed E-state index contributed by atoms with van der Waals surface area (Å²) in [7, 11) is 2.79. The molecule has 0 bridgehead atoms. The lowest BCUT2D eigenvalue weighted by molar-refractivity contribution is -0.133. The topological polar surface area (TPSA) is 78.7 Å². The quantitative estimate of drug-likeness (QED) is 0.155. The van der Waals surface area contributed by atoms with Crippen molar-refractivity contribution in [3.8, 4) is 0 Å². The van der Waals surface area contributed by atoms with Gasteiger partial charge in [-0.2, -0.15) is 0 Å². The summed E-state index contributed by atoms with van der Waals surface area (Å²) in [5.41, 5.74) is 3.64. The Morgan fingerprint density at radius 3 is 2.39 bits per heavy atom. The Morgan fingerprint density at radius 2 is 1.74 bits per heavy atom. The van der Waals surface area contributed by atoms with E-state index in [-0.39, 0.29) is 6.61 Å². The molecule has 0 aliphatic carbocycles. The maximum atomic E-state index is 12.1. The Balaban J connectivity index is 2.25. The average molecular weight is 489 g/mol. The van der Waals surface area contributed by atoms with Gasteiger partial charge in [-0.15, -0.1) is 0 Å². The Morgan fingerprint density at radius 1 is 1.03 bits per heavy atom. The number of hydrogen-bond acceptors (Lipinski definition) is 7. The minimum absolute atomic E-state index is 0.133. The molecular formula is C23H25BrN2O5. The molecule has 2 aromatic rings. The number of carbonyl (C=O) groups excluding carboxylic acids is 1. The van der Waals surface area contributed by atoms with Crippen LogP contribution >= 0.6 is 15.9 Å². The van der Waals surface area contributed by atoms with Crippen molar-refractivity contribution < 1.29 is 23.9 Å². The molecule has 164 valence electrons. The molecule has 0 aliphatic heterocycles. The summed E-state index contributed by atoms with van der Waals surface area (Å²) in [6.45, 7) is 4.21. The van der Waals surface area contributed by atoms with Gasteiger partial charge in [0.05, 0.1) is 20.5 Å². The van der Waals surface area contributed by atoms with Crippen LogP contribution in [0.25, 0.3) is 5.57 Å². The molecule has 7 nitrogen and oxygen atoms in total. The number of methoxy groups -OCH3 is 2. The van der Waals surface area contributed by atoms with Gasteiger partial charge < -0.3 is 19.1 Å². The third-order valence-electron chi connectivity index (χ3n) is 4.12. The second-order valence-electron chi connectivity index (χ2n) is 6.23. The minimum atomic E-state index is -0.504. The van der Waals surface area contributed by atoms with Gasteiger partial charge in [0.15, 0.2) is 0 Å². The second-order valence-corrected chi connectivity index (χ2v) is 7.15. The molecule has 31 heavy (non-hydrogen) atoms. The fourth-order valence-corrected chi connectivity index (χ4v) is 2.93. The van der Waals surface area contributed by atoms with Gasteiger partial charge in [0.2, 0.25) is 0 Å². The van der Waals surface area contributed by atoms with Gasteiger partial charge in [-0.05, 0) is 31.5 Å². The highest BCUT2D eigenvalue weighted by molar-refractivity contribution is 9.10. The monoisotopic (exact) mass is 488 g/mol. The van der Waals surface area contributed by atoms with Crippen LogP contribution in [0.5, 0.6) is 0 Å². The Labute approximate surface area is 190 Å². The van der Waals surface area contributed by atoms with Gasteiger partial charge in [-0.1, -0.05) is 62.6 Å². The summed E-state index contributed by atoms with van der Waals surface area (Å²) < 4.78 is 10.9. The number of ether oxygens (including phenoxy) is 2. The first kappa shape index (κ1) is 24.1. The van der Waals surface area contributed by atoms with E-state index in [4.69, 9.17) is 19.1 Å². The third kappa shape index (κ3) is 6.96. The highest BCUT2D eigenvalue weighted by Crippen LogP contribution is 2.22. The standard InChI is InChI=1S/C23H25BrN2O5/c1-5-30-26-22(17-10-12-19(24)13-11-17)16(2)25-31-14-18-8-6-7-9-20(18)21(15-28-3)23(27)29-4/h6-13,15H,5,14H2,1-4H3/b21-15-,25-16+,26-22-. The van der Waals surface area contributed by atoms with Gasteiger partial charge in [0, 0.05) is 15.6 Å².